The molecule has 0 fully saturated rings. The topological polar surface area (TPSA) is 67.8 Å². The van der Waals surface area contributed by atoms with E-state index in [0.717, 1.165) is 16.7 Å². The van der Waals surface area contributed by atoms with Crippen molar-refractivity contribution >= 4 is 41.3 Å². The monoisotopic (exact) mass is 530 g/mol. The highest BCUT2D eigenvalue weighted by atomic mass is 127. The zero-order valence-electron chi connectivity index (χ0n) is 15.5. The first-order valence-corrected chi connectivity index (χ1v) is 8.97. The maximum atomic E-state index is 12.6. The molecule has 11 heteroatoms. The van der Waals surface area contributed by atoms with Gasteiger partial charge in [-0.15, -0.1) is 35.3 Å². The van der Waals surface area contributed by atoms with Crippen molar-refractivity contribution in [2.24, 2.45) is 4.99 Å². The predicted octanol–water partition coefficient (Wildman–Crippen LogP) is 3.92. The Bertz CT molecular complexity index is 771. The number of aromatic nitrogens is 1. The van der Waals surface area contributed by atoms with Crippen LogP contribution in [-0.2, 0) is 12.7 Å². The van der Waals surface area contributed by atoms with Gasteiger partial charge >= 0.3 is 6.18 Å². The molecule has 28 heavy (non-hydrogen) atoms. The second kappa shape index (κ2) is 11.3. The van der Waals surface area contributed by atoms with Crippen LogP contribution < -0.4 is 20.1 Å². The second-order valence-electron chi connectivity index (χ2n) is 5.51. The number of aliphatic imine (C=N–C) groups is 1. The molecule has 1 heterocycles. The molecule has 0 aliphatic heterocycles. The van der Waals surface area contributed by atoms with E-state index < -0.39 is 11.9 Å². The third-order valence-corrected chi connectivity index (χ3v) is 4.28. The molecule has 2 aromatic rings. The lowest BCUT2D eigenvalue weighted by atomic mass is 10.3. The Kier molecular flexibility index (Phi) is 9.79. The van der Waals surface area contributed by atoms with E-state index in [9.17, 15) is 13.2 Å². The number of rotatable bonds is 7. The molecule has 1 atom stereocenters. The maximum absolute atomic E-state index is 12.6. The quantitative estimate of drug-likeness (QED) is 0.323. The molecule has 0 amide bonds. The number of alkyl halides is 3. The fourth-order valence-corrected chi connectivity index (χ4v) is 2.86. The first-order chi connectivity index (χ1) is 12.8. The van der Waals surface area contributed by atoms with Crippen molar-refractivity contribution in [3.63, 3.8) is 0 Å². The van der Waals surface area contributed by atoms with Gasteiger partial charge < -0.3 is 20.1 Å². The highest BCUT2D eigenvalue weighted by Crippen LogP contribution is 2.30. The molecular weight excluding hydrogens is 508 g/mol. The van der Waals surface area contributed by atoms with Gasteiger partial charge in [-0.05, 0) is 19.1 Å². The number of thiazole rings is 1. The van der Waals surface area contributed by atoms with Crippen LogP contribution in [0.25, 0.3) is 0 Å². The minimum Gasteiger partial charge on any atom is -0.493 e. The van der Waals surface area contributed by atoms with Crippen LogP contribution in [0.1, 0.15) is 17.6 Å². The number of para-hydroxylation sites is 2. The number of nitrogens with zero attached hydrogens (tertiary/aromatic N) is 2. The first-order valence-electron chi connectivity index (χ1n) is 8.09. The van der Waals surface area contributed by atoms with Gasteiger partial charge in [0.1, 0.15) is 11.1 Å². The largest absolute Gasteiger partial charge is 0.493 e. The average Bonchev–Trinajstić information content (AvgIpc) is 3.12. The Balaban J connectivity index is 0.00000392. The van der Waals surface area contributed by atoms with Crippen LogP contribution in [0.15, 0.2) is 34.6 Å². The predicted molar refractivity (Wildman–Crippen MR) is 114 cm³/mol. The van der Waals surface area contributed by atoms with Gasteiger partial charge in [-0.2, -0.15) is 13.2 Å². The average molecular weight is 530 g/mol. The highest BCUT2D eigenvalue weighted by molar-refractivity contribution is 14.0. The van der Waals surface area contributed by atoms with Gasteiger partial charge in [-0.25, -0.2) is 4.98 Å². The number of halogens is 4. The molecule has 1 unspecified atom stereocenters. The summed E-state index contributed by atoms with van der Waals surface area (Å²) in [5.74, 6) is 1.70. The Hall–Kier alpha value is -1.76. The molecule has 0 radical (unpaired) electrons. The molecule has 2 N–H and O–H groups in total. The molecule has 0 saturated heterocycles. The zero-order chi connectivity index (χ0) is 19.9. The molecule has 1 aromatic heterocycles. The van der Waals surface area contributed by atoms with E-state index in [1.54, 1.807) is 20.2 Å². The van der Waals surface area contributed by atoms with Crippen LogP contribution in [0.5, 0.6) is 11.5 Å². The van der Waals surface area contributed by atoms with Crippen LogP contribution in [0.3, 0.4) is 0 Å². The SMILES string of the molecule is CN=C(NCc1nc(C(F)(F)F)cs1)NCC(C)Oc1ccccc1OC.I. The van der Waals surface area contributed by atoms with Gasteiger partial charge in [0.25, 0.3) is 0 Å². The summed E-state index contributed by atoms with van der Waals surface area (Å²) in [6, 6.07) is 7.31. The van der Waals surface area contributed by atoms with E-state index in [4.69, 9.17) is 9.47 Å². The lowest BCUT2D eigenvalue weighted by Crippen LogP contribution is -2.41. The van der Waals surface area contributed by atoms with Crippen LogP contribution in [0.2, 0.25) is 0 Å². The standard InChI is InChI=1S/C17H21F3N4O2S.HI/c1-11(26-13-7-5-4-6-12(13)25-3)8-22-16(21-2)23-9-15-24-14(10-27-15)17(18,19)20;/h4-7,10-11H,8-9H2,1-3H3,(H2,21,22,23);1H. The van der Waals surface area contributed by atoms with Crippen molar-refractivity contribution in [2.75, 3.05) is 20.7 Å². The summed E-state index contributed by atoms with van der Waals surface area (Å²) < 4.78 is 48.8. The van der Waals surface area contributed by atoms with Crippen molar-refractivity contribution in [3.8, 4) is 11.5 Å². The number of benzene rings is 1. The highest BCUT2D eigenvalue weighted by Gasteiger charge is 2.33. The molecule has 0 bridgehead atoms. The summed E-state index contributed by atoms with van der Waals surface area (Å²) in [5, 5.41) is 7.31. The van der Waals surface area contributed by atoms with Crippen molar-refractivity contribution in [3.05, 3.63) is 40.3 Å². The normalized spacial score (nSPS) is 12.7. The number of nitrogens with one attached hydrogen (secondary N) is 2. The smallest absolute Gasteiger partial charge is 0.434 e. The number of methoxy groups -OCH3 is 1. The van der Waals surface area contributed by atoms with Gasteiger partial charge in [0.15, 0.2) is 23.2 Å². The lowest BCUT2D eigenvalue weighted by Gasteiger charge is -2.18. The van der Waals surface area contributed by atoms with Crippen LogP contribution in [0, 0.1) is 0 Å². The molecule has 156 valence electrons. The molecule has 2 rings (SSSR count). The Labute approximate surface area is 182 Å². The third kappa shape index (κ3) is 7.34. The fourth-order valence-electron chi connectivity index (χ4n) is 2.12. The number of guanidine groups is 1. The van der Waals surface area contributed by atoms with E-state index >= 15 is 0 Å². The summed E-state index contributed by atoms with van der Waals surface area (Å²) in [7, 11) is 3.14. The van der Waals surface area contributed by atoms with E-state index in [0.29, 0.717) is 29.0 Å². The van der Waals surface area contributed by atoms with Gasteiger partial charge in [0.05, 0.1) is 20.2 Å². The fraction of sp³-hybridized carbons (Fsp3) is 0.412. The van der Waals surface area contributed by atoms with Crippen molar-refractivity contribution in [2.45, 2.75) is 25.7 Å². The number of hydrogen-bond donors (Lipinski definition) is 2. The molecule has 0 aliphatic rings. The summed E-state index contributed by atoms with van der Waals surface area (Å²) in [4.78, 5) is 7.61. The van der Waals surface area contributed by atoms with E-state index in [1.807, 2.05) is 25.1 Å². The molecule has 0 spiro atoms. The van der Waals surface area contributed by atoms with Crippen LogP contribution in [-0.4, -0.2) is 37.7 Å². The van der Waals surface area contributed by atoms with Gasteiger partial charge in [-0.3, -0.25) is 4.99 Å². The minimum atomic E-state index is -4.43. The van der Waals surface area contributed by atoms with Crippen molar-refractivity contribution in [1.82, 2.24) is 15.6 Å². The molecule has 1 aromatic carbocycles. The Morgan fingerprint density at radius 1 is 1.25 bits per heavy atom. The second-order valence-corrected chi connectivity index (χ2v) is 6.45. The Morgan fingerprint density at radius 2 is 1.93 bits per heavy atom. The van der Waals surface area contributed by atoms with Crippen LogP contribution >= 0.6 is 35.3 Å². The number of hydrogen-bond acceptors (Lipinski definition) is 5. The molecule has 0 saturated carbocycles. The maximum Gasteiger partial charge on any atom is 0.434 e. The summed E-state index contributed by atoms with van der Waals surface area (Å²) in [5.41, 5.74) is -0.883. The summed E-state index contributed by atoms with van der Waals surface area (Å²) in [6.07, 6.45) is -4.63. The van der Waals surface area contributed by atoms with E-state index in [1.165, 1.54) is 0 Å². The van der Waals surface area contributed by atoms with Gasteiger partial charge in [0.2, 0.25) is 0 Å². The van der Waals surface area contributed by atoms with Crippen LogP contribution in [0.4, 0.5) is 13.2 Å². The van der Waals surface area contributed by atoms with Gasteiger partial charge in [0, 0.05) is 12.4 Å². The summed E-state index contributed by atoms with van der Waals surface area (Å²) in [6.45, 7) is 2.45. The molecular formula is C17H22F3IN4O2S. The Morgan fingerprint density at radius 3 is 2.50 bits per heavy atom. The van der Waals surface area contributed by atoms with E-state index in [2.05, 4.69) is 20.6 Å². The molecule has 6 nitrogen and oxygen atoms in total. The van der Waals surface area contributed by atoms with Gasteiger partial charge in [-0.1, -0.05) is 12.1 Å². The van der Waals surface area contributed by atoms with Crippen molar-refractivity contribution in [1.29, 1.82) is 0 Å². The minimum absolute atomic E-state index is 0. The summed E-state index contributed by atoms with van der Waals surface area (Å²) >= 11 is 0.944. The first kappa shape index (κ1) is 24.3. The zero-order valence-corrected chi connectivity index (χ0v) is 18.7. The van der Waals surface area contributed by atoms with E-state index in [-0.39, 0.29) is 36.6 Å². The lowest BCUT2D eigenvalue weighted by molar-refractivity contribution is -0.140. The number of ether oxygens (including phenoxy) is 2. The third-order valence-electron chi connectivity index (χ3n) is 3.43. The van der Waals surface area contributed by atoms with Crippen molar-refractivity contribution < 1.29 is 22.6 Å². The molecule has 0 aliphatic carbocycles.